The predicted octanol–water partition coefficient (Wildman–Crippen LogP) is 0.995. The molecule has 15 heavy (non-hydrogen) atoms. The summed E-state index contributed by atoms with van der Waals surface area (Å²) < 4.78 is 5.29. The van der Waals surface area contributed by atoms with Crippen molar-refractivity contribution in [3.05, 3.63) is 0 Å². The molecule has 0 radical (unpaired) electrons. The maximum absolute atomic E-state index is 5.39. The van der Waals surface area contributed by atoms with Crippen LogP contribution < -0.4 is 16.2 Å². The Labute approximate surface area is 89.1 Å². The fourth-order valence-corrected chi connectivity index (χ4v) is 1.15. The van der Waals surface area contributed by atoms with E-state index in [-0.39, 0.29) is 17.9 Å². The Balaban J connectivity index is 2.31. The molecule has 0 aliphatic heterocycles. The highest BCUT2D eigenvalue weighted by atomic mass is 16.5. The third-order valence-corrected chi connectivity index (χ3v) is 1.88. The smallest absolute Gasteiger partial charge is 0.323 e. The van der Waals surface area contributed by atoms with Crippen molar-refractivity contribution < 1.29 is 4.74 Å². The van der Waals surface area contributed by atoms with E-state index in [1.54, 1.807) is 0 Å². The molecule has 1 rings (SSSR count). The van der Waals surface area contributed by atoms with Crippen LogP contribution in [-0.4, -0.2) is 21.6 Å². The molecule has 6 heteroatoms. The van der Waals surface area contributed by atoms with Gasteiger partial charge in [0.15, 0.2) is 0 Å². The molecule has 0 aromatic carbocycles. The minimum absolute atomic E-state index is 0.0889. The number of rotatable bonds is 6. The van der Waals surface area contributed by atoms with E-state index in [1.165, 1.54) is 12.8 Å². The molecule has 0 bridgehead atoms. The van der Waals surface area contributed by atoms with Gasteiger partial charge in [-0.3, -0.25) is 0 Å². The van der Waals surface area contributed by atoms with Gasteiger partial charge in [-0.05, 0) is 6.42 Å². The Bertz CT molecular complexity index is 284. The zero-order chi connectivity index (χ0) is 11.1. The van der Waals surface area contributed by atoms with E-state index in [1.807, 2.05) is 0 Å². The number of nitrogen functional groups attached to an aromatic ring is 2. The molecular weight excluding hydrogens is 194 g/mol. The van der Waals surface area contributed by atoms with Crippen LogP contribution in [0.4, 0.5) is 11.9 Å². The number of nitrogens with two attached hydrogens (primary N) is 2. The Morgan fingerprint density at radius 2 is 1.67 bits per heavy atom. The van der Waals surface area contributed by atoms with Crippen LogP contribution in [0.2, 0.25) is 0 Å². The summed E-state index contributed by atoms with van der Waals surface area (Å²) in [6.45, 7) is 2.75. The fraction of sp³-hybridized carbons (Fsp3) is 0.667. The Morgan fingerprint density at radius 1 is 1.00 bits per heavy atom. The largest absolute Gasteiger partial charge is 0.463 e. The van der Waals surface area contributed by atoms with Crippen molar-refractivity contribution in [1.82, 2.24) is 15.0 Å². The molecule has 0 saturated heterocycles. The molecule has 0 amide bonds. The molecule has 0 unspecified atom stereocenters. The predicted molar refractivity (Wildman–Crippen MR) is 58.3 cm³/mol. The van der Waals surface area contributed by atoms with Gasteiger partial charge in [0.1, 0.15) is 0 Å². The molecule has 0 spiro atoms. The molecule has 1 aromatic heterocycles. The highest BCUT2D eigenvalue weighted by Crippen LogP contribution is 2.07. The number of hydrogen-bond donors (Lipinski definition) is 2. The fourth-order valence-electron chi connectivity index (χ4n) is 1.15. The highest BCUT2D eigenvalue weighted by Gasteiger charge is 2.01. The van der Waals surface area contributed by atoms with Gasteiger partial charge in [0.05, 0.1) is 6.61 Å². The first-order valence-corrected chi connectivity index (χ1v) is 5.12. The summed E-state index contributed by atoms with van der Waals surface area (Å²) in [5, 5.41) is 0. The number of anilines is 2. The molecule has 4 N–H and O–H groups in total. The zero-order valence-electron chi connectivity index (χ0n) is 8.94. The van der Waals surface area contributed by atoms with Crippen molar-refractivity contribution in [1.29, 1.82) is 0 Å². The molecule has 0 atom stereocenters. The number of hydrogen-bond acceptors (Lipinski definition) is 6. The van der Waals surface area contributed by atoms with Crippen LogP contribution in [0.1, 0.15) is 32.6 Å². The summed E-state index contributed by atoms with van der Waals surface area (Å²) in [4.78, 5) is 11.3. The molecule has 84 valence electrons. The zero-order valence-corrected chi connectivity index (χ0v) is 8.94. The van der Waals surface area contributed by atoms with Crippen molar-refractivity contribution >= 4 is 11.9 Å². The highest BCUT2D eigenvalue weighted by molar-refractivity contribution is 5.27. The van der Waals surface area contributed by atoms with E-state index in [4.69, 9.17) is 16.2 Å². The van der Waals surface area contributed by atoms with Crippen molar-refractivity contribution in [2.45, 2.75) is 32.6 Å². The van der Waals surface area contributed by atoms with Crippen LogP contribution in [0.25, 0.3) is 0 Å². The monoisotopic (exact) mass is 211 g/mol. The van der Waals surface area contributed by atoms with Gasteiger partial charge in [0.25, 0.3) is 0 Å². The second-order valence-electron chi connectivity index (χ2n) is 3.24. The summed E-state index contributed by atoms with van der Waals surface area (Å²) in [6, 6.07) is 0.205. The normalized spacial score (nSPS) is 10.2. The van der Waals surface area contributed by atoms with E-state index < -0.39 is 0 Å². The molecule has 0 aliphatic rings. The molecular formula is C9H17N5O. The lowest BCUT2D eigenvalue weighted by Crippen LogP contribution is -2.07. The van der Waals surface area contributed by atoms with Gasteiger partial charge in [0.2, 0.25) is 11.9 Å². The minimum atomic E-state index is 0.0889. The maximum atomic E-state index is 5.39. The number of unbranched alkanes of at least 4 members (excludes halogenated alkanes) is 3. The lowest BCUT2D eigenvalue weighted by molar-refractivity contribution is 0.282. The van der Waals surface area contributed by atoms with Crippen molar-refractivity contribution in [2.24, 2.45) is 0 Å². The minimum Gasteiger partial charge on any atom is -0.463 e. The first-order valence-electron chi connectivity index (χ1n) is 5.12. The second-order valence-corrected chi connectivity index (χ2v) is 3.24. The number of ether oxygens (including phenoxy) is 1. The first kappa shape index (κ1) is 11.5. The van der Waals surface area contributed by atoms with Crippen LogP contribution in [0.15, 0.2) is 0 Å². The van der Waals surface area contributed by atoms with Crippen LogP contribution in [0.5, 0.6) is 6.01 Å². The van der Waals surface area contributed by atoms with Gasteiger partial charge in [-0.2, -0.15) is 15.0 Å². The van der Waals surface area contributed by atoms with Crippen LogP contribution in [0, 0.1) is 0 Å². The maximum Gasteiger partial charge on any atom is 0.323 e. The third kappa shape index (κ3) is 4.44. The van der Waals surface area contributed by atoms with Gasteiger partial charge in [-0.25, -0.2) is 0 Å². The van der Waals surface area contributed by atoms with Crippen molar-refractivity contribution in [2.75, 3.05) is 18.1 Å². The average molecular weight is 211 g/mol. The standard InChI is InChI=1S/C9H17N5O/c1-2-3-4-5-6-15-9-13-7(10)12-8(11)14-9/h2-6H2,1H3,(H4,10,11,12,13,14). The summed E-state index contributed by atoms with van der Waals surface area (Å²) in [5.41, 5.74) is 10.8. The Hall–Kier alpha value is -1.59. The van der Waals surface area contributed by atoms with E-state index in [0.29, 0.717) is 6.61 Å². The van der Waals surface area contributed by atoms with Gasteiger partial charge < -0.3 is 16.2 Å². The SMILES string of the molecule is CCCCCCOc1nc(N)nc(N)n1. The van der Waals surface area contributed by atoms with Crippen LogP contribution >= 0.6 is 0 Å². The molecule has 6 nitrogen and oxygen atoms in total. The summed E-state index contributed by atoms with van der Waals surface area (Å²) in [6.07, 6.45) is 4.54. The molecule has 1 aromatic rings. The van der Waals surface area contributed by atoms with E-state index in [0.717, 1.165) is 12.8 Å². The average Bonchev–Trinajstić information content (AvgIpc) is 2.16. The van der Waals surface area contributed by atoms with Gasteiger partial charge >= 0.3 is 6.01 Å². The van der Waals surface area contributed by atoms with Gasteiger partial charge in [0, 0.05) is 0 Å². The van der Waals surface area contributed by atoms with E-state index in [9.17, 15) is 0 Å². The molecule has 1 heterocycles. The van der Waals surface area contributed by atoms with E-state index >= 15 is 0 Å². The Kier molecular flexibility index (Phi) is 4.59. The number of aromatic nitrogens is 3. The summed E-state index contributed by atoms with van der Waals surface area (Å²) in [7, 11) is 0. The first-order chi connectivity index (χ1) is 7.22. The summed E-state index contributed by atoms with van der Waals surface area (Å²) in [5.74, 6) is 0.178. The lowest BCUT2D eigenvalue weighted by Gasteiger charge is -2.04. The number of nitrogens with zero attached hydrogens (tertiary/aromatic N) is 3. The molecule has 0 aliphatic carbocycles. The Morgan fingerprint density at radius 3 is 2.27 bits per heavy atom. The summed E-state index contributed by atoms with van der Waals surface area (Å²) >= 11 is 0. The van der Waals surface area contributed by atoms with Crippen molar-refractivity contribution in [3.63, 3.8) is 0 Å². The second kappa shape index (κ2) is 6.00. The topological polar surface area (TPSA) is 99.9 Å². The van der Waals surface area contributed by atoms with Gasteiger partial charge in [-0.15, -0.1) is 0 Å². The van der Waals surface area contributed by atoms with Crippen LogP contribution in [-0.2, 0) is 0 Å². The van der Waals surface area contributed by atoms with Crippen LogP contribution in [0.3, 0.4) is 0 Å². The third-order valence-electron chi connectivity index (χ3n) is 1.88. The molecule has 0 saturated carbocycles. The van der Waals surface area contributed by atoms with Gasteiger partial charge in [-0.1, -0.05) is 26.2 Å². The quantitative estimate of drug-likeness (QED) is 0.681. The lowest BCUT2D eigenvalue weighted by atomic mass is 10.2. The van der Waals surface area contributed by atoms with Crippen molar-refractivity contribution in [3.8, 4) is 6.01 Å². The molecule has 0 fully saturated rings. The van der Waals surface area contributed by atoms with E-state index in [2.05, 4.69) is 21.9 Å².